The van der Waals surface area contributed by atoms with E-state index >= 15 is 0 Å². The lowest BCUT2D eigenvalue weighted by Gasteiger charge is -2.14. The molecule has 3 rings (SSSR count). The maximum absolute atomic E-state index is 12.7. The van der Waals surface area contributed by atoms with Crippen LogP contribution in [0.1, 0.15) is 10.4 Å². The number of likely N-dealkylation sites (N-methyl/N-ethyl adjacent to an activating group) is 1. The predicted molar refractivity (Wildman–Crippen MR) is 111 cm³/mol. The third-order valence-electron chi connectivity index (χ3n) is 4.14. The predicted octanol–water partition coefficient (Wildman–Crippen LogP) is 2.93. The molecule has 1 heterocycles. The van der Waals surface area contributed by atoms with Crippen molar-refractivity contribution in [2.75, 3.05) is 39.7 Å². The van der Waals surface area contributed by atoms with Crippen LogP contribution in [0.5, 0.6) is 11.5 Å². The number of halogens is 1. The van der Waals surface area contributed by atoms with Crippen LogP contribution in [0.4, 0.5) is 5.69 Å². The number of aromatic nitrogens is 3. The van der Waals surface area contributed by atoms with E-state index in [9.17, 15) is 4.79 Å². The zero-order chi connectivity index (χ0) is 20.3. The number of nitrogens with zero attached hydrogens (tertiary/aromatic N) is 4. The van der Waals surface area contributed by atoms with E-state index in [0.717, 1.165) is 16.5 Å². The smallest absolute Gasteiger partial charge is 0.255 e. The maximum atomic E-state index is 12.7. The molecule has 0 atom stereocenters. The molecule has 8 nitrogen and oxygen atoms in total. The Labute approximate surface area is 171 Å². The summed E-state index contributed by atoms with van der Waals surface area (Å²) >= 11 is 3.48. The van der Waals surface area contributed by atoms with Crippen molar-refractivity contribution in [3.63, 3.8) is 0 Å². The van der Waals surface area contributed by atoms with Gasteiger partial charge in [0.15, 0.2) is 0 Å². The van der Waals surface area contributed by atoms with Crippen LogP contribution >= 0.6 is 15.9 Å². The molecule has 1 aromatic heterocycles. The third-order valence-corrected chi connectivity index (χ3v) is 4.75. The van der Waals surface area contributed by atoms with Gasteiger partial charge in [0.25, 0.3) is 5.91 Å². The number of anilines is 1. The molecule has 0 saturated carbocycles. The van der Waals surface area contributed by atoms with Crippen molar-refractivity contribution in [3.05, 3.63) is 40.4 Å². The molecule has 0 aliphatic heterocycles. The monoisotopic (exact) mass is 447 g/mol. The van der Waals surface area contributed by atoms with Gasteiger partial charge in [0, 0.05) is 29.7 Å². The number of ether oxygens (including phenoxy) is 2. The molecule has 1 N–H and O–H groups in total. The van der Waals surface area contributed by atoms with Gasteiger partial charge >= 0.3 is 0 Å². The number of amides is 1. The van der Waals surface area contributed by atoms with Crippen molar-refractivity contribution in [1.29, 1.82) is 0 Å². The number of aryl methyl sites for hydroxylation is 1. The SMILES string of the molecule is COc1cc(OCCN(C)C)ccc1NC(=O)c1cc(Br)c2c(c1)nnn2C. The normalized spacial score (nSPS) is 11.1. The Hall–Kier alpha value is -2.65. The first-order valence-electron chi connectivity index (χ1n) is 8.65. The van der Waals surface area contributed by atoms with Gasteiger partial charge in [-0.2, -0.15) is 0 Å². The van der Waals surface area contributed by atoms with E-state index in [4.69, 9.17) is 9.47 Å². The Morgan fingerprint density at radius 3 is 2.79 bits per heavy atom. The van der Waals surface area contributed by atoms with E-state index in [1.54, 1.807) is 49.2 Å². The second-order valence-electron chi connectivity index (χ2n) is 6.51. The standard InChI is InChI=1S/C19H22BrN5O3/c1-24(2)7-8-28-13-5-6-15(17(11-13)27-4)21-19(26)12-9-14(20)18-16(10-12)22-23-25(18)3/h5-6,9-11H,7-8H2,1-4H3,(H,21,26). The second-order valence-corrected chi connectivity index (χ2v) is 7.36. The number of rotatable bonds is 7. The molecule has 0 saturated heterocycles. The Bertz CT molecular complexity index is 1000. The molecule has 0 radical (unpaired) electrons. The lowest BCUT2D eigenvalue weighted by Crippen LogP contribution is -2.19. The fourth-order valence-corrected chi connectivity index (χ4v) is 3.38. The van der Waals surface area contributed by atoms with Crippen LogP contribution in [0, 0.1) is 0 Å². The van der Waals surface area contributed by atoms with E-state index in [2.05, 4.69) is 31.6 Å². The number of benzene rings is 2. The van der Waals surface area contributed by atoms with Gasteiger partial charge in [-0.3, -0.25) is 4.79 Å². The van der Waals surface area contributed by atoms with Crippen molar-refractivity contribution >= 4 is 38.6 Å². The van der Waals surface area contributed by atoms with Crippen LogP contribution in [0.2, 0.25) is 0 Å². The minimum Gasteiger partial charge on any atom is -0.494 e. The van der Waals surface area contributed by atoms with E-state index in [1.807, 2.05) is 19.0 Å². The highest BCUT2D eigenvalue weighted by atomic mass is 79.9. The topological polar surface area (TPSA) is 81.5 Å². The summed E-state index contributed by atoms with van der Waals surface area (Å²) in [6.07, 6.45) is 0. The van der Waals surface area contributed by atoms with Gasteiger partial charge in [-0.25, -0.2) is 4.68 Å². The van der Waals surface area contributed by atoms with Crippen molar-refractivity contribution in [1.82, 2.24) is 19.9 Å². The molecule has 148 valence electrons. The maximum Gasteiger partial charge on any atom is 0.255 e. The van der Waals surface area contributed by atoms with Gasteiger partial charge < -0.3 is 19.7 Å². The number of fused-ring (bicyclic) bond motifs is 1. The number of carbonyl (C=O) groups is 1. The summed E-state index contributed by atoms with van der Waals surface area (Å²) in [6.45, 7) is 1.37. The molecule has 0 spiro atoms. The zero-order valence-corrected chi connectivity index (χ0v) is 17.8. The van der Waals surface area contributed by atoms with Crippen molar-refractivity contribution < 1.29 is 14.3 Å². The summed E-state index contributed by atoms with van der Waals surface area (Å²) in [5.74, 6) is 0.934. The Balaban J connectivity index is 1.78. The number of methoxy groups -OCH3 is 1. The first-order valence-corrected chi connectivity index (χ1v) is 9.44. The summed E-state index contributed by atoms with van der Waals surface area (Å²) in [7, 11) is 7.32. The minimum absolute atomic E-state index is 0.271. The zero-order valence-electron chi connectivity index (χ0n) is 16.2. The van der Waals surface area contributed by atoms with Crippen LogP contribution < -0.4 is 14.8 Å². The summed E-state index contributed by atoms with van der Waals surface area (Å²) < 4.78 is 13.5. The van der Waals surface area contributed by atoms with Gasteiger partial charge in [-0.1, -0.05) is 5.21 Å². The highest BCUT2D eigenvalue weighted by molar-refractivity contribution is 9.10. The fourth-order valence-electron chi connectivity index (χ4n) is 2.68. The first-order chi connectivity index (χ1) is 13.4. The summed E-state index contributed by atoms with van der Waals surface area (Å²) in [4.78, 5) is 14.8. The molecule has 0 unspecified atom stereocenters. The van der Waals surface area contributed by atoms with Gasteiger partial charge in [0.2, 0.25) is 0 Å². The number of nitrogens with one attached hydrogen (secondary N) is 1. The number of hydrogen-bond donors (Lipinski definition) is 1. The number of hydrogen-bond acceptors (Lipinski definition) is 6. The summed E-state index contributed by atoms with van der Waals surface area (Å²) in [5.41, 5.74) is 2.49. The van der Waals surface area contributed by atoms with Crippen LogP contribution in [-0.2, 0) is 7.05 Å². The van der Waals surface area contributed by atoms with Crippen LogP contribution in [0.25, 0.3) is 11.0 Å². The molecule has 3 aromatic rings. The van der Waals surface area contributed by atoms with Crippen LogP contribution in [0.3, 0.4) is 0 Å². The molecular formula is C19H22BrN5O3. The molecule has 0 aliphatic carbocycles. The van der Waals surface area contributed by atoms with Crippen molar-refractivity contribution in [3.8, 4) is 11.5 Å². The second kappa shape index (κ2) is 8.57. The van der Waals surface area contributed by atoms with Gasteiger partial charge in [0.1, 0.15) is 29.1 Å². The van der Waals surface area contributed by atoms with Crippen LogP contribution in [-0.4, -0.2) is 60.2 Å². The molecule has 28 heavy (non-hydrogen) atoms. The summed E-state index contributed by atoms with van der Waals surface area (Å²) in [6, 6.07) is 8.76. The number of carbonyl (C=O) groups excluding carboxylic acids is 1. The molecule has 0 fully saturated rings. The molecule has 2 aromatic carbocycles. The quantitative estimate of drug-likeness (QED) is 0.599. The first kappa shape index (κ1) is 20.1. The van der Waals surface area contributed by atoms with Crippen molar-refractivity contribution in [2.45, 2.75) is 0 Å². The van der Waals surface area contributed by atoms with E-state index in [0.29, 0.717) is 34.9 Å². The highest BCUT2D eigenvalue weighted by Crippen LogP contribution is 2.30. The largest absolute Gasteiger partial charge is 0.494 e. The summed E-state index contributed by atoms with van der Waals surface area (Å²) in [5, 5.41) is 10.9. The molecule has 1 amide bonds. The Morgan fingerprint density at radius 1 is 1.29 bits per heavy atom. The molecular weight excluding hydrogens is 426 g/mol. The van der Waals surface area contributed by atoms with Gasteiger partial charge in [-0.15, -0.1) is 5.10 Å². The molecule has 0 bridgehead atoms. The van der Waals surface area contributed by atoms with E-state index < -0.39 is 0 Å². The Kier molecular flexibility index (Phi) is 6.15. The highest BCUT2D eigenvalue weighted by Gasteiger charge is 2.15. The van der Waals surface area contributed by atoms with E-state index in [-0.39, 0.29) is 5.91 Å². The lowest BCUT2D eigenvalue weighted by molar-refractivity contribution is 0.102. The van der Waals surface area contributed by atoms with Gasteiger partial charge in [-0.05, 0) is 54.3 Å². The fraction of sp³-hybridized carbons (Fsp3) is 0.316. The van der Waals surface area contributed by atoms with E-state index in [1.165, 1.54) is 0 Å². The molecule has 9 heteroatoms. The lowest BCUT2D eigenvalue weighted by atomic mass is 10.1. The van der Waals surface area contributed by atoms with Crippen molar-refractivity contribution in [2.24, 2.45) is 7.05 Å². The van der Waals surface area contributed by atoms with Gasteiger partial charge in [0.05, 0.1) is 12.8 Å². The molecule has 0 aliphatic rings. The average Bonchev–Trinajstić information content (AvgIpc) is 3.03. The Morgan fingerprint density at radius 2 is 2.07 bits per heavy atom. The average molecular weight is 448 g/mol. The minimum atomic E-state index is -0.271. The van der Waals surface area contributed by atoms with Crippen LogP contribution in [0.15, 0.2) is 34.8 Å². The third kappa shape index (κ3) is 4.42.